The first kappa shape index (κ1) is 13.4. The molecule has 5 heteroatoms. The fourth-order valence-corrected chi connectivity index (χ4v) is 2.53. The maximum Gasteiger partial charge on any atom is 0.251 e. The summed E-state index contributed by atoms with van der Waals surface area (Å²) in [7, 11) is 0. The second-order valence-electron chi connectivity index (χ2n) is 4.47. The third kappa shape index (κ3) is 3.71. The first-order chi connectivity index (χ1) is 8.65. The molecule has 1 aliphatic heterocycles. The minimum atomic E-state index is -0.114. The number of amides is 1. The van der Waals surface area contributed by atoms with Crippen molar-refractivity contribution in [2.45, 2.75) is 25.4 Å². The van der Waals surface area contributed by atoms with Gasteiger partial charge in [0.1, 0.15) is 0 Å². The molecule has 98 valence electrons. The summed E-state index contributed by atoms with van der Waals surface area (Å²) in [6.07, 6.45) is 3.45. The number of nitrogens with one attached hydrogen (secondary N) is 1. The number of rotatable bonds is 3. The molecule has 0 aliphatic carbocycles. The molecule has 2 rings (SSSR count). The van der Waals surface area contributed by atoms with Gasteiger partial charge >= 0.3 is 0 Å². The van der Waals surface area contributed by atoms with Crippen molar-refractivity contribution in [1.82, 2.24) is 5.32 Å². The summed E-state index contributed by atoms with van der Waals surface area (Å²) in [6.45, 7) is 1.36. The Morgan fingerprint density at radius 2 is 2.28 bits per heavy atom. The first-order valence-electron chi connectivity index (χ1n) is 6.11. The normalized spacial score (nSPS) is 19.5. The van der Waals surface area contributed by atoms with Crippen LogP contribution in [0.5, 0.6) is 0 Å². The van der Waals surface area contributed by atoms with Gasteiger partial charge in [0.05, 0.1) is 6.10 Å². The minimum Gasteiger partial charge on any atom is -0.399 e. The van der Waals surface area contributed by atoms with Crippen molar-refractivity contribution in [3.8, 4) is 0 Å². The summed E-state index contributed by atoms with van der Waals surface area (Å²) in [4.78, 5) is 11.9. The lowest BCUT2D eigenvalue weighted by Crippen LogP contribution is -2.35. The van der Waals surface area contributed by atoms with E-state index in [1.807, 2.05) is 0 Å². The molecular weight excluding hydrogens is 296 g/mol. The van der Waals surface area contributed by atoms with Crippen LogP contribution in [0.25, 0.3) is 0 Å². The van der Waals surface area contributed by atoms with E-state index in [0.29, 0.717) is 17.8 Å². The Labute approximate surface area is 115 Å². The van der Waals surface area contributed by atoms with Crippen LogP contribution in [0.15, 0.2) is 22.7 Å². The zero-order chi connectivity index (χ0) is 13.0. The lowest BCUT2D eigenvalue weighted by atomic mass is 10.1. The molecule has 4 nitrogen and oxygen atoms in total. The van der Waals surface area contributed by atoms with Crippen molar-refractivity contribution < 1.29 is 9.53 Å². The van der Waals surface area contributed by atoms with E-state index in [2.05, 4.69) is 21.2 Å². The topological polar surface area (TPSA) is 64.4 Å². The highest BCUT2D eigenvalue weighted by atomic mass is 79.9. The van der Waals surface area contributed by atoms with Gasteiger partial charge in [0, 0.05) is 28.9 Å². The number of hydrogen-bond acceptors (Lipinski definition) is 3. The minimum absolute atomic E-state index is 0.114. The maximum atomic E-state index is 11.9. The van der Waals surface area contributed by atoms with Gasteiger partial charge in [-0.1, -0.05) is 15.9 Å². The van der Waals surface area contributed by atoms with E-state index in [9.17, 15) is 4.79 Å². The second-order valence-corrected chi connectivity index (χ2v) is 5.39. The van der Waals surface area contributed by atoms with Crippen LogP contribution in [0.2, 0.25) is 0 Å². The molecular formula is C13H17BrN2O2. The standard InChI is InChI=1S/C13H17BrN2O2/c14-10-5-9(6-11(15)7-10)13(17)16-8-12-3-1-2-4-18-12/h5-7,12H,1-4,8,15H2,(H,16,17). The molecule has 1 aromatic carbocycles. The van der Waals surface area contributed by atoms with E-state index in [-0.39, 0.29) is 12.0 Å². The van der Waals surface area contributed by atoms with Crippen molar-refractivity contribution in [2.75, 3.05) is 18.9 Å². The van der Waals surface area contributed by atoms with Gasteiger partial charge in [-0.2, -0.15) is 0 Å². The van der Waals surface area contributed by atoms with Crippen molar-refractivity contribution >= 4 is 27.5 Å². The zero-order valence-electron chi connectivity index (χ0n) is 10.1. The Hall–Kier alpha value is -1.07. The summed E-state index contributed by atoms with van der Waals surface area (Å²) < 4.78 is 6.37. The molecule has 3 N–H and O–H groups in total. The molecule has 1 unspecified atom stereocenters. The average Bonchev–Trinajstić information content (AvgIpc) is 2.36. The van der Waals surface area contributed by atoms with Crippen LogP contribution >= 0.6 is 15.9 Å². The quantitative estimate of drug-likeness (QED) is 0.842. The number of benzene rings is 1. The SMILES string of the molecule is Nc1cc(Br)cc(C(=O)NCC2CCCCO2)c1. The van der Waals surface area contributed by atoms with E-state index in [1.165, 1.54) is 6.42 Å². The largest absolute Gasteiger partial charge is 0.399 e. The fraction of sp³-hybridized carbons (Fsp3) is 0.462. The van der Waals surface area contributed by atoms with Gasteiger partial charge in [-0.3, -0.25) is 4.79 Å². The molecule has 1 amide bonds. The van der Waals surface area contributed by atoms with E-state index in [1.54, 1.807) is 18.2 Å². The van der Waals surface area contributed by atoms with Gasteiger partial charge < -0.3 is 15.8 Å². The van der Waals surface area contributed by atoms with E-state index >= 15 is 0 Å². The van der Waals surface area contributed by atoms with Crippen LogP contribution in [0.4, 0.5) is 5.69 Å². The van der Waals surface area contributed by atoms with Crippen molar-refractivity contribution in [2.24, 2.45) is 0 Å². The smallest absolute Gasteiger partial charge is 0.251 e. The highest BCUT2D eigenvalue weighted by Gasteiger charge is 2.15. The molecule has 1 aromatic rings. The third-order valence-electron chi connectivity index (χ3n) is 2.95. The van der Waals surface area contributed by atoms with Gasteiger partial charge in [0.2, 0.25) is 0 Å². The van der Waals surface area contributed by atoms with Gasteiger partial charge in [-0.25, -0.2) is 0 Å². The first-order valence-corrected chi connectivity index (χ1v) is 6.90. The summed E-state index contributed by atoms with van der Waals surface area (Å²) in [5.41, 5.74) is 6.84. The Morgan fingerprint density at radius 1 is 1.44 bits per heavy atom. The molecule has 18 heavy (non-hydrogen) atoms. The molecule has 0 bridgehead atoms. The number of hydrogen-bond donors (Lipinski definition) is 2. The van der Waals surface area contributed by atoms with Crippen molar-refractivity contribution in [3.05, 3.63) is 28.2 Å². The lowest BCUT2D eigenvalue weighted by Gasteiger charge is -2.22. The van der Waals surface area contributed by atoms with E-state index < -0.39 is 0 Å². The summed E-state index contributed by atoms with van der Waals surface area (Å²) in [5, 5.41) is 2.88. The zero-order valence-corrected chi connectivity index (χ0v) is 11.7. The number of anilines is 1. The van der Waals surface area contributed by atoms with Crippen LogP contribution in [0, 0.1) is 0 Å². The number of nitrogens with two attached hydrogens (primary N) is 1. The van der Waals surface area contributed by atoms with Crippen molar-refractivity contribution in [3.63, 3.8) is 0 Å². The monoisotopic (exact) mass is 312 g/mol. The summed E-state index contributed by atoms with van der Waals surface area (Å²) in [6, 6.07) is 5.19. The molecule has 1 saturated heterocycles. The van der Waals surface area contributed by atoms with Gasteiger partial charge in [-0.05, 0) is 37.5 Å². The number of halogens is 1. The molecule has 1 aliphatic rings. The second kappa shape index (κ2) is 6.20. The Kier molecular flexibility index (Phi) is 4.60. The molecule has 0 radical (unpaired) electrons. The van der Waals surface area contributed by atoms with Crippen LogP contribution in [0.3, 0.4) is 0 Å². The summed E-state index contributed by atoms with van der Waals surface area (Å²) in [5.74, 6) is -0.114. The Balaban J connectivity index is 1.90. The number of ether oxygens (including phenoxy) is 1. The number of carbonyl (C=O) groups is 1. The molecule has 0 saturated carbocycles. The van der Waals surface area contributed by atoms with Gasteiger partial charge in [0.25, 0.3) is 5.91 Å². The Bertz CT molecular complexity index is 411. The lowest BCUT2D eigenvalue weighted by molar-refractivity contribution is 0.0169. The summed E-state index contributed by atoms with van der Waals surface area (Å²) >= 11 is 3.32. The average molecular weight is 313 g/mol. The maximum absolute atomic E-state index is 11.9. The van der Waals surface area contributed by atoms with Crippen LogP contribution in [-0.4, -0.2) is 25.2 Å². The number of carbonyl (C=O) groups excluding carboxylic acids is 1. The highest BCUT2D eigenvalue weighted by Crippen LogP contribution is 2.17. The molecule has 1 fully saturated rings. The van der Waals surface area contributed by atoms with Crippen LogP contribution in [-0.2, 0) is 4.74 Å². The third-order valence-corrected chi connectivity index (χ3v) is 3.40. The van der Waals surface area contributed by atoms with E-state index in [4.69, 9.17) is 10.5 Å². The van der Waals surface area contributed by atoms with Crippen LogP contribution in [0.1, 0.15) is 29.6 Å². The fourth-order valence-electron chi connectivity index (χ4n) is 2.02. The van der Waals surface area contributed by atoms with Gasteiger partial charge in [0.15, 0.2) is 0 Å². The highest BCUT2D eigenvalue weighted by molar-refractivity contribution is 9.10. The predicted molar refractivity (Wildman–Crippen MR) is 74.5 cm³/mol. The number of nitrogen functional groups attached to an aromatic ring is 1. The molecule has 1 atom stereocenters. The predicted octanol–water partition coefficient (Wildman–Crippen LogP) is 2.33. The van der Waals surface area contributed by atoms with Crippen molar-refractivity contribution in [1.29, 1.82) is 0 Å². The van der Waals surface area contributed by atoms with Gasteiger partial charge in [-0.15, -0.1) is 0 Å². The Morgan fingerprint density at radius 3 is 2.94 bits per heavy atom. The molecule has 0 spiro atoms. The van der Waals surface area contributed by atoms with Crippen LogP contribution < -0.4 is 11.1 Å². The molecule has 0 aromatic heterocycles. The molecule has 1 heterocycles. The van der Waals surface area contributed by atoms with E-state index in [0.717, 1.165) is 23.9 Å².